The van der Waals surface area contributed by atoms with Crippen LogP contribution in [0, 0.1) is 5.82 Å². The third-order valence-corrected chi connectivity index (χ3v) is 3.67. The molecule has 3 nitrogen and oxygen atoms in total. The zero-order chi connectivity index (χ0) is 13.7. The molecule has 0 spiro atoms. The molecule has 0 aromatic heterocycles. The summed E-state index contributed by atoms with van der Waals surface area (Å²) >= 11 is 0. The van der Waals surface area contributed by atoms with E-state index in [2.05, 4.69) is 4.90 Å². The highest BCUT2D eigenvalue weighted by atomic mass is 19.1. The van der Waals surface area contributed by atoms with Gasteiger partial charge in [-0.1, -0.05) is 6.07 Å². The first-order valence-corrected chi connectivity index (χ1v) is 7.10. The number of nitrogens with zero attached hydrogens (tertiary/aromatic N) is 1. The normalized spacial score (nSPS) is 16.9. The van der Waals surface area contributed by atoms with Gasteiger partial charge in [-0.25, -0.2) is 4.39 Å². The van der Waals surface area contributed by atoms with E-state index >= 15 is 0 Å². The molecule has 0 saturated carbocycles. The number of benzene rings is 1. The summed E-state index contributed by atoms with van der Waals surface area (Å²) < 4.78 is 19.5. The lowest BCUT2D eigenvalue weighted by Crippen LogP contribution is -2.37. The molecule has 0 atom stereocenters. The van der Waals surface area contributed by atoms with Crippen LogP contribution in [0.2, 0.25) is 0 Å². The minimum atomic E-state index is -0.144. The van der Waals surface area contributed by atoms with Crippen LogP contribution in [0.5, 0.6) is 0 Å². The van der Waals surface area contributed by atoms with Gasteiger partial charge in [0.05, 0.1) is 6.10 Å². The zero-order valence-corrected chi connectivity index (χ0v) is 11.6. The van der Waals surface area contributed by atoms with Gasteiger partial charge >= 0.3 is 0 Å². The maximum Gasteiger partial charge on any atom is 0.128 e. The second-order valence-electron chi connectivity index (χ2n) is 4.92. The van der Waals surface area contributed by atoms with Gasteiger partial charge in [0.15, 0.2) is 0 Å². The van der Waals surface area contributed by atoms with Crippen LogP contribution in [0.4, 0.5) is 10.1 Å². The molecule has 1 saturated heterocycles. The number of anilines is 1. The van der Waals surface area contributed by atoms with Crippen molar-refractivity contribution in [2.75, 3.05) is 31.1 Å². The van der Waals surface area contributed by atoms with E-state index in [1.54, 1.807) is 6.07 Å². The summed E-state index contributed by atoms with van der Waals surface area (Å²) in [5.74, 6) is -0.144. The van der Waals surface area contributed by atoms with Gasteiger partial charge in [-0.3, -0.25) is 0 Å². The van der Waals surface area contributed by atoms with E-state index in [0.717, 1.165) is 43.8 Å². The van der Waals surface area contributed by atoms with Gasteiger partial charge in [0.25, 0.3) is 0 Å². The number of hydrogen-bond donors (Lipinski definition) is 1. The maximum atomic E-state index is 13.9. The van der Waals surface area contributed by atoms with Crippen LogP contribution < -0.4 is 10.6 Å². The summed E-state index contributed by atoms with van der Waals surface area (Å²) in [6.07, 6.45) is 2.96. The Morgan fingerprint density at radius 2 is 2.11 bits per heavy atom. The van der Waals surface area contributed by atoms with Crippen molar-refractivity contribution in [3.8, 4) is 0 Å². The number of nitrogens with two attached hydrogens (primary N) is 1. The fourth-order valence-electron chi connectivity index (χ4n) is 2.73. The Morgan fingerprint density at radius 1 is 1.37 bits per heavy atom. The Kier molecular flexibility index (Phi) is 5.16. The first-order chi connectivity index (χ1) is 9.26. The van der Waals surface area contributed by atoms with Crippen molar-refractivity contribution in [3.05, 3.63) is 29.6 Å². The smallest absolute Gasteiger partial charge is 0.128 e. The van der Waals surface area contributed by atoms with E-state index in [-0.39, 0.29) is 5.82 Å². The minimum Gasteiger partial charge on any atom is -0.378 e. The molecule has 0 bridgehead atoms. The van der Waals surface area contributed by atoms with Gasteiger partial charge in [0.1, 0.15) is 5.82 Å². The van der Waals surface area contributed by atoms with E-state index in [1.807, 2.05) is 13.0 Å². The average molecular weight is 266 g/mol. The van der Waals surface area contributed by atoms with E-state index in [1.165, 1.54) is 6.07 Å². The van der Waals surface area contributed by atoms with E-state index in [9.17, 15) is 4.39 Å². The third kappa shape index (κ3) is 3.45. The quantitative estimate of drug-likeness (QED) is 0.889. The highest BCUT2D eigenvalue weighted by Crippen LogP contribution is 2.27. The Hall–Kier alpha value is -1.13. The molecule has 0 radical (unpaired) electrons. The SMILES string of the molecule is CCOC1CCN(c2cccc(F)c2CCN)CC1. The number of rotatable bonds is 5. The van der Waals surface area contributed by atoms with Crippen molar-refractivity contribution in [2.24, 2.45) is 5.73 Å². The predicted molar refractivity (Wildman–Crippen MR) is 76.0 cm³/mol. The molecule has 0 aliphatic carbocycles. The van der Waals surface area contributed by atoms with Crippen molar-refractivity contribution in [2.45, 2.75) is 32.3 Å². The molecule has 106 valence electrons. The second-order valence-corrected chi connectivity index (χ2v) is 4.92. The molecule has 0 unspecified atom stereocenters. The largest absolute Gasteiger partial charge is 0.378 e. The number of halogens is 1. The minimum absolute atomic E-state index is 0.144. The first-order valence-electron chi connectivity index (χ1n) is 7.10. The van der Waals surface area contributed by atoms with Gasteiger partial charge in [-0.05, 0) is 44.9 Å². The Morgan fingerprint density at radius 3 is 2.74 bits per heavy atom. The molecule has 1 fully saturated rings. The fourth-order valence-corrected chi connectivity index (χ4v) is 2.73. The molecule has 1 aliphatic rings. The standard InChI is InChI=1S/C15H23FN2O/c1-2-19-12-7-10-18(11-8-12)15-5-3-4-14(16)13(15)6-9-17/h3-5,12H,2,6-11,17H2,1H3. The van der Waals surface area contributed by atoms with Crippen molar-refractivity contribution >= 4 is 5.69 Å². The van der Waals surface area contributed by atoms with Gasteiger partial charge in [-0.2, -0.15) is 0 Å². The van der Waals surface area contributed by atoms with Gasteiger partial charge in [0, 0.05) is 30.9 Å². The highest BCUT2D eigenvalue weighted by molar-refractivity contribution is 5.54. The molecule has 1 aromatic rings. The summed E-state index contributed by atoms with van der Waals surface area (Å²) in [6.45, 7) is 5.11. The first kappa shape index (κ1) is 14.3. The lowest BCUT2D eigenvalue weighted by Gasteiger charge is -2.34. The summed E-state index contributed by atoms with van der Waals surface area (Å²) in [5.41, 5.74) is 7.33. The van der Waals surface area contributed by atoms with Crippen LogP contribution in [0.1, 0.15) is 25.3 Å². The monoisotopic (exact) mass is 266 g/mol. The molecular formula is C15H23FN2O. The maximum absolute atomic E-state index is 13.9. The summed E-state index contributed by atoms with van der Waals surface area (Å²) in [4.78, 5) is 2.25. The second kappa shape index (κ2) is 6.87. The zero-order valence-electron chi connectivity index (χ0n) is 11.6. The molecule has 1 heterocycles. The molecule has 4 heteroatoms. The Balaban J connectivity index is 2.08. The van der Waals surface area contributed by atoms with Crippen LogP contribution in [0.15, 0.2) is 18.2 Å². The topological polar surface area (TPSA) is 38.5 Å². The number of hydrogen-bond acceptors (Lipinski definition) is 3. The van der Waals surface area contributed by atoms with Crippen molar-refractivity contribution < 1.29 is 9.13 Å². The highest BCUT2D eigenvalue weighted by Gasteiger charge is 2.21. The molecule has 19 heavy (non-hydrogen) atoms. The van der Waals surface area contributed by atoms with Crippen LogP contribution in [-0.4, -0.2) is 32.3 Å². The van der Waals surface area contributed by atoms with Crippen LogP contribution in [0.25, 0.3) is 0 Å². The van der Waals surface area contributed by atoms with Crippen molar-refractivity contribution in [1.82, 2.24) is 0 Å². The number of ether oxygens (including phenoxy) is 1. The van der Waals surface area contributed by atoms with Crippen LogP contribution in [0.3, 0.4) is 0 Å². The molecule has 2 rings (SSSR count). The van der Waals surface area contributed by atoms with Gasteiger partial charge < -0.3 is 15.4 Å². The van der Waals surface area contributed by atoms with E-state index in [0.29, 0.717) is 19.1 Å². The predicted octanol–water partition coefficient (Wildman–Crippen LogP) is 2.33. The average Bonchev–Trinajstić information content (AvgIpc) is 2.43. The lowest BCUT2D eigenvalue weighted by atomic mass is 10.0. The molecule has 0 amide bonds. The van der Waals surface area contributed by atoms with Gasteiger partial charge in [-0.15, -0.1) is 0 Å². The van der Waals surface area contributed by atoms with Gasteiger partial charge in [0.2, 0.25) is 0 Å². The van der Waals surface area contributed by atoms with Crippen LogP contribution >= 0.6 is 0 Å². The molecule has 1 aliphatic heterocycles. The van der Waals surface area contributed by atoms with Crippen molar-refractivity contribution in [3.63, 3.8) is 0 Å². The summed E-state index contributed by atoms with van der Waals surface area (Å²) in [6, 6.07) is 5.29. The third-order valence-electron chi connectivity index (χ3n) is 3.67. The lowest BCUT2D eigenvalue weighted by molar-refractivity contribution is 0.0459. The fraction of sp³-hybridized carbons (Fsp3) is 0.600. The van der Waals surface area contributed by atoms with Crippen molar-refractivity contribution in [1.29, 1.82) is 0 Å². The molecular weight excluding hydrogens is 243 g/mol. The van der Waals surface area contributed by atoms with Crippen LogP contribution in [-0.2, 0) is 11.2 Å². The summed E-state index contributed by atoms with van der Waals surface area (Å²) in [5, 5.41) is 0. The molecule has 1 aromatic carbocycles. The Labute approximate surface area is 114 Å². The Bertz CT molecular complexity index is 403. The summed E-state index contributed by atoms with van der Waals surface area (Å²) in [7, 11) is 0. The van der Waals surface area contributed by atoms with E-state index in [4.69, 9.17) is 10.5 Å². The number of piperidine rings is 1. The molecule has 2 N–H and O–H groups in total. The van der Waals surface area contributed by atoms with E-state index < -0.39 is 0 Å².